The van der Waals surface area contributed by atoms with Gasteiger partial charge in [0.1, 0.15) is 18.2 Å². The highest BCUT2D eigenvalue weighted by Crippen LogP contribution is 2.58. The van der Waals surface area contributed by atoms with E-state index in [0.29, 0.717) is 19.1 Å². The standard InChI is InChI=1S/C35H41N3O4/c1-23-6-9-32(30(18-23)31-4-3-5-33(36-31)38-15-13-35(34(39)40)19-27(35)21-38)42-22-26-8-7-25-20-37(14-10-29(25)24(26)2)28-11-16-41-17-12-28/h3-9,18,27-28H,10-17,19-22H2,1-2H3,(H,39,40). The number of pyridine rings is 1. The highest BCUT2D eigenvalue weighted by molar-refractivity contribution is 5.79. The summed E-state index contributed by atoms with van der Waals surface area (Å²) in [6, 6.07) is 17.6. The molecule has 7 rings (SSSR count). The maximum atomic E-state index is 11.7. The van der Waals surface area contributed by atoms with Crippen molar-refractivity contribution in [3.63, 3.8) is 0 Å². The topological polar surface area (TPSA) is 75.1 Å². The van der Waals surface area contributed by atoms with Crippen molar-refractivity contribution in [3.8, 4) is 17.0 Å². The van der Waals surface area contributed by atoms with Gasteiger partial charge in [-0.15, -0.1) is 0 Å². The molecule has 7 heteroatoms. The summed E-state index contributed by atoms with van der Waals surface area (Å²) in [4.78, 5) is 21.7. The Labute approximate surface area is 248 Å². The summed E-state index contributed by atoms with van der Waals surface area (Å²) in [5.74, 6) is 1.32. The van der Waals surface area contributed by atoms with E-state index in [2.05, 4.69) is 54.0 Å². The summed E-state index contributed by atoms with van der Waals surface area (Å²) in [6.07, 6.45) is 4.83. The van der Waals surface area contributed by atoms with Crippen LogP contribution in [0.3, 0.4) is 0 Å². The molecule has 0 bridgehead atoms. The molecule has 0 spiro atoms. The number of anilines is 1. The average molecular weight is 568 g/mol. The SMILES string of the molecule is Cc1ccc(OCc2ccc3c(c2C)CCN(C2CCOCC2)C3)c(-c2cccc(N3CCC4(C(=O)O)CC4C3)n2)c1. The Morgan fingerprint density at radius 2 is 1.98 bits per heavy atom. The number of aryl methyl sites for hydroxylation is 1. The number of ether oxygens (including phenoxy) is 2. The Morgan fingerprint density at radius 3 is 2.79 bits per heavy atom. The van der Waals surface area contributed by atoms with Crippen molar-refractivity contribution < 1.29 is 19.4 Å². The van der Waals surface area contributed by atoms with Gasteiger partial charge in [-0.1, -0.05) is 29.8 Å². The van der Waals surface area contributed by atoms with Gasteiger partial charge in [-0.3, -0.25) is 9.69 Å². The largest absolute Gasteiger partial charge is 0.488 e. The minimum Gasteiger partial charge on any atom is -0.488 e. The minimum atomic E-state index is -0.637. The van der Waals surface area contributed by atoms with E-state index in [1.807, 2.05) is 18.2 Å². The van der Waals surface area contributed by atoms with E-state index in [1.165, 1.54) is 22.3 Å². The first-order valence-electron chi connectivity index (χ1n) is 15.5. The summed E-state index contributed by atoms with van der Waals surface area (Å²) in [6.45, 7) is 10.3. The van der Waals surface area contributed by atoms with Crippen LogP contribution in [0.1, 0.15) is 53.5 Å². The smallest absolute Gasteiger partial charge is 0.310 e. The number of hydrogen-bond donors (Lipinski definition) is 1. The predicted molar refractivity (Wildman–Crippen MR) is 163 cm³/mol. The number of rotatable bonds is 7. The second-order valence-electron chi connectivity index (χ2n) is 12.8. The van der Waals surface area contributed by atoms with Gasteiger partial charge in [0.15, 0.2) is 0 Å². The number of piperidine rings is 1. The quantitative estimate of drug-likeness (QED) is 0.388. The molecule has 1 saturated carbocycles. The summed E-state index contributed by atoms with van der Waals surface area (Å²) in [5, 5.41) is 9.66. The Kier molecular flexibility index (Phi) is 7.19. The van der Waals surface area contributed by atoms with Gasteiger partial charge in [0.25, 0.3) is 0 Å². The van der Waals surface area contributed by atoms with E-state index in [4.69, 9.17) is 14.5 Å². The minimum absolute atomic E-state index is 0.219. The third kappa shape index (κ3) is 5.07. The molecule has 42 heavy (non-hydrogen) atoms. The molecule has 2 unspecified atom stereocenters. The number of aliphatic carboxylic acids is 1. The highest BCUT2D eigenvalue weighted by atomic mass is 16.5. The van der Waals surface area contributed by atoms with Crippen molar-refractivity contribution in [2.45, 2.75) is 65.1 Å². The maximum Gasteiger partial charge on any atom is 0.310 e. The number of hydrogen-bond acceptors (Lipinski definition) is 6. The van der Waals surface area contributed by atoms with Gasteiger partial charge in [-0.05, 0) is 98.4 Å². The first kappa shape index (κ1) is 27.4. The molecule has 1 aromatic heterocycles. The molecule has 3 aromatic rings. The van der Waals surface area contributed by atoms with E-state index >= 15 is 0 Å². The molecule has 220 valence electrons. The number of benzene rings is 2. The summed E-state index contributed by atoms with van der Waals surface area (Å²) in [5.41, 5.74) is 8.07. The van der Waals surface area contributed by atoms with Gasteiger partial charge in [0.05, 0.1) is 11.1 Å². The average Bonchev–Trinajstić information content (AvgIpc) is 3.77. The van der Waals surface area contributed by atoms with Gasteiger partial charge in [0.2, 0.25) is 0 Å². The molecule has 7 nitrogen and oxygen atoms in total. The van der Waals surface area contributed by atoms with Crippen LogP contribution in [0.15, 0.2) is 48.5 Å². The molecule has 2 atom stereocenters. The van der Waals surface area contributed by atoms with Crippen molar-refractivity contribution in [1.82, 2.24) is 9.88 Å². The summed E-state index contributed by atoms with van der Waals surface area (Å²) >= 11 is 0. The van der Waals surface area contributed by atoms with E-state index in [9.17, 15) is 9.90 Å². The fourth-order valence-electron chi connectivity index (χ4n) is 7.50. The summed E-state index contributed by atoms with van der Waals surface area (Å²) < 4.78 is 12.1. The lowest BCUT2D eigenvalue weighted by Crippen LogP contribution is -2.42. The van der Waals surface area contributed by atoms with Crippen LogP contribution in [0.2, 0.25) is 0 Å². The predicted octanol–water partition coefficient (Wildman–Crippen LogP) is 5.78. The lowest BCUT2D eigenvalue weighted by molar-refractivity contribution is -0.144. The number of aromatic nitrogens is 1. The van der Waals surface area contributed by atoms with Gasteiger partial charge in [-0.2, -0.15) is 0 Å². The molecule has 4 heterocycles. The van der Waals surface area contributed by atoms with Crippen LogP contribution in [-0.4, -0.2) is 59.8 Å². The molecule has 1 N–H and O–H groups in total. The Bertz CT molecular complexity index is 1500. The van der Waals surface area contributed by atoms with Gasteiger partial charge < -0.3 is 19.5 Å². The summed E-state index contributed by atoms with van der Waals surface area (Å²) in [7, 11) is 0. The second kappa shape index (κ2) is 11.0. The zero-order valence-electron chi connectivity index (χ0n) is 24.8. The molecule has 1 aliphatic carbocycles. The zero-order chi connectivity index (χ0) is 28.8. The van der Waals surface area contributed by atoms with Gasteiger partial charge in [-0.25, -0.2) is 4.98 Å². The normalized spacial score (nSPS) is 24.1. The zero-order valence-corrected chi connectivity index (χ0v) is 24.8. The molecule has 0 radical (unpaired) electrons. The fraction of sp³-hybridized carbons (Fsp3) is 0.486. The molecular weight excluding hydrogens is 526 g/mol. The van der Waals surface area contributed by atoms with Crippen molar-refractivity contribution in [3.05, 3.63) is 76.3 Å². The molecule has 2 saturated heterocycles. The molecule has 3 fully saturated rings. The number of carboxylic acids is 1. The molecular formula is C35H41N3O4. The van der Waals surface area contributed by atoms with Gasteiger partial charge in [0, 0.05) is 51.0 Å². The monoisotopic (exact) mass is 567 g/mol. The van der Waals surface area contributed by atoms with Crippen molar-refractivity contribution >= 4 is 11.8 Å². The second-order valence-corrected chi connectivity index (χ2v) is 12.8. The lowest BCUT2D eigenvalue weighted by Gasteiger charge is -2.38. The number of nitrogens with zero attached hydrogens (tertiary/aromatic N) is 3. The maximum absolute atomic E-state index is 11.7. The van der Waals surface area contributed by atoms with Crippen LogP contribution in [0.5, 0.6) is 5.75 Å². The van der Waals surface area contributed by atoms with Crippen LogP contribution < -0.4 is 9.64 Å². The Morgan fingerprint density at radius 1 is 1.12 bits per heavy atom. The van der Waals surface area contributed by atoms with E-state index in [0.717, 1.165) is 93.5 Å². The Balaban J connectivity index is 1.07. The molecule has 4 aliphatic rings. The van der Waals surface area contributed by atoms with Crippen LogP contribution in [0, 0.1) is 25.2 Å². The van der Waals surface area contributed by atoms with E-state index < -0.39 is 11.4 Å². The number of fused-ring (bicyclic) bond motifs is 2. The van der Waals surface area contributed by atoms with Crippen LogP contribution in [-0.2, 0) is 29.1 Å². The number of carboxylic acid groups (broad SMARTS) is 1. The van der Waals surface area contributed by atoms with Crippen LogP contribution in [0.25, 0.3) is 11.3 Å². The Hall–Kier alpha value is -3.42. The third-order valence-corrected chi connectivity index (χ3v) is 10.3. The fourth-order valence-corrected chi connectivity index (χ4v) is 7.50. The van der Waals surface area contributed by atoms with E-state index in [1.54, 1.807) is 0 Å². The van der Waals surface area contributed by atoms with Crippen LogP contribution >= 0.6 is 0 Å². The van der Waals surface area contributed by atoms with Gasteiger partial charge >= 0.3 is 5.97 Å². The van der Waals surface area contributed by atoms with Crippen LogP contribution in [0.4, 0.5) is 5.82 Å². The van der Waals surface area contributed by atoms with Crippen molar-refractivity contribution in [2.24, 2.45) is 11.3 Å². The molecule has 2 aromatic carbocycles. The van der Waals surface area contributed by atoms with E-state index in [-0.39, 0.29) is 5.92 Å². The molecule has 3 aliphatic heterocycles. The first-order valence-corrected chi connectivity index (χ1v) is 15.5. The van der Waals surface area contributed by atoms with Crippen molar-refractivity contribution in [2.75, 3.05) is 37.7 Å². The first-order chi connectivity index (χ1) is 20.4. The lowest BCUT2D eigenvalue weighted by atomic mass is 9.90. The highest BCUT2D eigenvalue weighted by Gasteiger charge is 2.62. The number of carbonyl (C=O) groups is 1. The molecule has 0 amide bonds. The third-order valence-electron chi connectivity index (χ3n) is 10.3. The van der Waals surface area contributed by atoms with Crippen molar-refractivity contribution in [1.29, 1.82) is 0 Å².